The van der Waals surface area contributed by atoms with E-state index in [0.717, 1.165) is 9.35 Å². The first-order valence-electron chi connectivity index (χ1n) is 4.47. The number of rotatable bonds is 3. The Morgan fingerprint density at radius 3 is 2.67 bits per heavy atom. The van der Waals surface area contributed by atoms with E-state index in [4.69, 9.17) is 0 Å². The summed E-state index contributed by atoms with van der Waals surface area (Å²) >= 11 is 4.83. The van der Waals surface area contributed by atoms with Crippen molar-refractivity contribution in [3.63, 3.8) is 0 Å². The van der Waals surface area contributed by atoms with Crippen molar-refractivity contribution in [3.05, 3.63) is 51.4 Å². The van der Waals surface area contributed by atoms with Gasteiger partial charge in [0.05, 0.1) is 4.88 Å². The number of nitrogens with zero attached hydrogens (tertiary/aromatic N) is 1. The first-order chi connectivity index (χ1) is 7.27. The largest absolute Gasteiger partial charge is 0.286 e. The standard InChI is InChI=1S/C11H9BrNOS/c12-9-4-7-15-11(9)10(14)8-13-5-2-1-3-6-13/h1-7H,8H2/q+1. The van der Waals surface area contributed by atoms with Gasteiger partial charge in [-0.1, -0.05) is 6.07 Å². The Balaban J connectivity index is 2.15. The van der Waals surface area contributed by atoms with Gasteiger partial charge in [-0.2, -0.15) is 4.57 Å². The van der Waals surface area contributed by atoms with Gasteiger partial charge in [-0.25, -0.2) is 0 Å². The fraction of sp³-hybridized carbons (Fsp3) is 0.0909. The van der Waals surface area contributed by atoms with E-state index < -0.39 is 0 Å². The van der Waals surface area contributed by atoms with Gasteiger partial charge in [0.15, 0.2) is 12.4 Å². The maximum absolute atomic E-state index is 11.9. The number of hydrogen-bond acceptors (Lipinski definition) is 2. The van der Waals surface area contributed by atoms with Crippen molar-refractivity contribution in [1.82, 2.24) is 0 Å². The lowest BCUT2D eigenvalue weighted by molar-refractivity contribution is -0.683. The summed E-state index contributed by atoms with van der Waals surface area (Å²) in [7, 11) is 0. The van der Waals surface area contributed by atoms with Crippen LogP contribution in [-0.2, 0) is 6.54 Å². The van der Waals surface area contributed by atoms with Gasteiger partial charge in [-0.3, -0.25) is 4.79 Å². The summed E-state index contributed by atoms with van der Waals surface area (Å²) < 4.78 is 2.75. The van der Waals surface area contributed by atoms with Crippen LogP contribution in [0.1, 0.15) is 9.67 Å². The number of carbonyl (C=O) groups excluding carboxylic acids is 1. The van der Waals surface area contributed by atoms with Gasteiger partial charge < -0.3 is 0 Å². The second kappa shape index (κ2) is 4.68. The van der Waals surface area contributed by atoms with Crippen molar-refractivity contribution in [2.45, 2.75) is 6.54 Å². The van der Waals surface area contributed by atoms with Crippen LogP contribution in [0.15, 0.2) is 46.5 Å². The molecule has 15 heavy (non-hydrogen) atoms. The number of pyridine rings is 1. The maximum atomic E-state index is 11.9. The lowest BCUT2D eigenvalue weighted by atomic mass is 10.3. The fourth-order valence-corrected chi connectivity index (χ4v) is 2.80. The molecule has 0 saturated carbocycles. The van der Waals surface area contributed by atoms with Gasteiger partial charge in [-0.15, -0.1) is 11.3 Å². The van der Waals surface area contributed by atoms with Crippen molar-refractivity contribution < 1.29 is 9.36 Å². The van der Waals surface area contributed by atoms with Crippen molar-refractivity contribution in [1.29, 1.82) is 0 Å². The number of thiophene rings is 1. The minimum absolute atomic E-state index is 0.132. The predicted octanol–water partition coefficient (Wildman–Crippen LogP) is 2.68. The minimum Gasteiger partial charge on any atom is -0.286 e. The smallest absolute Gasteiger partial charge is 0.238 e. The molecule has 2 nitrogen and oxygen atoms in total. The third kappa shape index (κ3) is 2.52. The number of halogens is 1. The minimum atomic E-state index is 0.132. The topological polar surface area (TPSA) is 20.9 Å². The Kier molecular flexibility index (Phi) is 3.28. The van der Waals surface area contributed by atoms with E-state index in [1.807, 2.05) is 46.6 Å². The molecule has 0 bridgehead atoms. The molecule has 0 saturated heterocycles. The molecule has 4 heteroatoms. The normalized spacial score (nSPS) is 10.2. The summed E-state index contributed by atoms with van der Waals surface area (Å²) in [6.07, 6.45) is 3.78. The van der Waals surface area contributed by atoms with Crippen LogP contribution in [0, 0.1) is 0 Å². The fourth-order valence-electron chi connectivity index (χ4n) is 1.27. The Hall–Kier alpha value is -1.00. The molecule has 0 aliphatic heterocycles. The Labute approximate surface area is 100 Å². The summed E-state index contributed by atoms with van der Waals surface area (Å²) in [6.45, 7) is 0.389. The summed E-state index contributed by atoms with van der Waals surface area (Å²) in [4.78, 5) is 12.6. The van der Waals surface area contributed by atoms with E-state index in [1.165, 1.54) is 11.3 Å². The second-order valence-corrected chi connectivity index (χ2v) is 4.84. The van der Waals surface area contributed by atoms with Crippen LogP contribution < -0.4 is 4.57 Å². The molecule has 0 spiro atoms. The molecule has 0 radical (unpaired) electrons. The molecule has 0 aliphatic rings. The van der Waals surface area contributed by atoms with Crippen LogP contribution in [0.2, 0.25) is 0 Å². The number of Topliss-reactive ketones (excluding diaryl/α,β-unsaturated/α-hetero) is 1. The molecule has 2 rings (SSSR count). The molecule has 0 aliphatic carbocycles. The SMILES string of the molecule is O=C(C[n+]1ccccc1)c1sccc1Br. The average Bonchev–Trinajstić information content (AvgIpc) is 2.66. The Bertz CT molecular complexity index is 466. The van der Waals surface area contributed by atoms with Crippen molar-refractivity contribution >= 4 is 33.0 Å². The first kappa shape index (κ1) is 10.5. The lowest BCUT2D eigenvalue weighted by Crippen LogP contribution is -2.36. The maximum Gasteiger partial charge on any atom is 0.238 e. The predicted molar refractivity (Wildman–Crippen MR) is 63.0 cm³/mol. The van der Waals surface area contributed by atoms with Crippen molar-refractivity contribution in [2.75, 3.05) is 0 Å². The highest BCUT2D eigenvalue weighted by atomic mass is 79.9. The summed E-state index contributed by atoms with van der Waals surface area (Å²) in [5, 5.41) is 1.91. The van der Waals surface area contributed by atoms with Gasteiger partial charge >= 0.3 is 0 Å². The molecule has 0 unspecified atom stereocenters. The molecule has 0 N–H and O–H groups in total. The Morgan fingerprint density at radius 1 is 1.33 bits per heavy atom. The van der Waals surface area contributed by atoms with Crippen LogP contribution >= 0.6 is 27.3 Å². The van der Waals surface area contributed by atoms with Gasteiger partial charge in [0.1, 0.15) is 0 Å². The van der Waals surface area contributed by atoms with E-state index in [1.54, 1.807) is 0 Å². The van der Waals surface area contributed by atoms with Crippen LogP contribution in [0.5, 0.6) is 0 Å². The third-order valence-electron chi connectivity index (χ3n) is 1.97. The van der Waals surface area contributed by atoms with Crippen LogP contribution in [0.4, 0.5) is 0 Å². The molecule has 2 aromatic rings. The molecule has 2 aromatic heterocycles. The lowest BCUT2D eigenvalue weighted by Gasteiger charge is -1.95. The molecule has 0 amide bonds. The van der Waals surface area contributed by atoms with E-state index in [2.05, 4.69) is 15.9 Å². The molecule has 2 heterocycles. The molecule has 0 aromatic carbocycles. The number of carbonyl (C=O) groups is 1. The van der Waals surface area contributed by atoms with E-state index in [9.17, 15) is 4.79 Å². The molecule has 0 atom stereocenters. The van der Waals surface area contributed by atoms with Crippen LogP contribution in [0.3, 0.4) is 0 Å². The molecule has 76 valence electrons. The van der Waals surface area contributed by atoms with Gasteiger partial charge in [-0.05, 0) is 27.4 Å². The number of aromatic nitrogens is 1. The van der Waals surface area contributed by atoms with Gasteiger partial charge in [0.25, 0.3) is 0 Å². The first-order valence-corrected chi connectivity index (χ1v) is 6.15. The second-order valence-electron chi connectivity index (χ2n) is 3.07. The van der Waals surface area contributed by atoms with E-state index >= 15 is 0 Å². The number of hydrogen-bond donors (Lipinski definition) is 0. The summed E-state index contributed by atoms with van der Waals surface area (Å²) in [6, 6.07) is 7.66. The molecular weight excluding hydrogens is 274 g/mol. The van der Waals surface area contributed by atoms with Crippen LogP contribution in [-0.4, -0.2) is 5.78 Å². The van der Waals surface area contributed by atoms with Crippen molar-refractivity contribution in [3.8, 4) is 0 Å². The molecule has 0 fully saturated rings. The van der Waals surface area contributed by atoms with Gasteiger partial charge in [0.2, 0.25) is 12.3 Å². The molecular formula is C11H9BrNOS+. The zero-order valence-electron chi connectivity index (χ0n) is 7.89. The number of ketones is 1. The van der Waals surface area contributed by atoms with E-state index in [-0.39, 0.29) is 5.78 Å². The zero-order valence-corrected chi connectivity index (χ0v) is 10.3. The third-order valence-corrected chi connectivity index (χ3v) is 3.85. The highest BCUT2D eigenvalue weighted by molar-refractivity contribution is 9.10. The Morgan fingerprint density at radius 2 is 2.07 bits per heavy atom. The monoisotopic (exact) mass is 282 g/mol. The van der Waals surface area contributed by atoms with Crippen LogP contribution in [0.25, 0.3) is 0 Å². The van der Waals surface area contributed by atoms with Gasteiger partial charge in [0, 0.05) is 16.6 Å². The average molecular weight is 283 g/mol. The summed E-state index contributed by atoms with van der Waals surface area (Å²) in [5.74, 6) is 0.132. The summed E-state index contributed by atoms with van der Waals surface area (Å²) in [5.41, 5.74) is 0. The van der Waals surface area contributed by atoms with Crippen molar-refractivity contribution in [2.24, 2.45) is 0 Å². The highest BCUT2D eigenvalue weighted by Crippen LogP contribution is 2.22. The van der Waals surface area contributed by atoms with E-state index in [0.29, 0.717) is 6.54 Å². The quantitative estimate of drug-likeness (QED) is 0.626. The zero-order chi connectivity index (χ0) is 10.7. The highest BCUT2D eigenvalue weighted by Gasteiger charge is 2.15.